The Morgan fingerprint density at radius 1 is 0.881 bits per heavy atom. The Bertz CT molecular complexity index is 1440. The van der Waals surface area contributed by atoms with E-state index in [-0.39, 0.29) is 30.8 Å². The molecule has 0 radical (unpaired) electrons. The fourth-order valence-electron chi connectivity index (χ4n) is 5.64. The number of benzene rings is 3. The summed E-state index contributed by atoms with van der Waals surface area (Å²) in [7, 11) is -3.55. The van der Waals surface area contributed by atoms with Crippen molar-refractivity contribution in [2.45, 2.75) is 77.4 Å². The highest BCUT2D eigenvalue weighted by Gasteiger charge is 2.32. The fourth-order valence-corrected chi connectivity index (χ4v) is 6.66. The van der Waals surface area contributed by atoms with Crippen LogP contribution in [0.3, 0.4) is 0 Å². The van der Waals surface area contributed by atoms with E-state index in [9.17, 15) is 18.0 Å². The van der Waals surface area contributed by atoms with Crippen LogP contribution in [-0.2, 0) is 32.6 Å². The highest BCUT2D eigenvalue weighted by molar-refractivity contribution is 7.92. The number of carbonyl (C=O) groups excluding carboxylic acids is 2. The molecule has 1 aliphatic rings. The maximum Gasteiger partial charge on any atom is 0.243 e. The molecule has 1 N–H and O–H groups in total. The topological polar surface area (TPSA) is 86.8 Å². The van der Waals surface area contributed by atoms with Gasteiger partial charge in [-0.1, -0.05) is 91.2 Å². The molecule has 2 amide bonds. The number of aryl methyl sites for hydroxylation is 2. The predicted molar refractivity (Wildman–Crippen MR) is 169 cm³/mol. The van der Waals surface area contributed by atoms with E-state index in [4.69, 9.17) is 0 Å². The number of nitrogens with zero attached hydrogens (tertiary/aromatic N) is 2. The quantitative estimate of drug-likeness (QED) is 0.283. The van der Waals surface area contributed by atoms with Gasteiger partial charge in [0.1, 0.15) is 6.04 Å². The minimum absolute atomic E-state index is 0.117. The van der Waals surface area contributed by atoms with E-state index in [1.807, 2.05) is 86.6 Å². The molecule has 1 atom stereocenters. The number of para-hydroxylation sites is 1. The molecule has 0 spiro atoms. The van der Waals surface area contributed by atoms with Crippen LogP contribution in [-0.4, -0.2) is 50.0 Å². The van der Waals surface area contributed by atoms with Crippen molar-refractivity contribution < 1.29 is 18.0 Å². The molecule has 42 heavy (non-hydrogen) atoms. The van der Waals surface area contributed by atoms with Crippen molar-refractivity contribution in [2.75, 3.05) is 17.1 Å². The van der Waals surface area contributed by atoms with E-state index < -0.39 is 16.1 Å². The summed E-state index contributed by atoms with van der Waals surface area (Å²) in [5.74, 6) is -0.305. The molecule has 1 fully saturated rings. The first kappa shape index (κ1) is 31.3. The summed E-state index contributed by atoms with van der Waals surface area (Å²) in [6.45, 7) is 4.36. The molecule has 3 aromatic carbocycles. The molecule has 1 saturated carbocycles. The highest BCUT2D eigenvalue weighted by Crippen LogP contribution is 2.24. The Labute approximate surface area is 251 Å². The Kier molecular flexibility index (Phi) is 10.8. The van der Waals surface area contributed by atoms with Crippen LogP contribution in [0.15, 0.2) is 78.9 Å². The van der Waals surface area contributed by atoms with Gasteiger partial charge in [0.05, 0.1) is 11.9 Å². The van der Waals surface area contributed by atoms with Crippen molar-refractivity contribution in [3.05, 3.63) is 101 Å². The van der Waals surface area contributed by atoms with Crippen LogP contribution in [0.25, 0.3) is 0 Å². The van der Waals surface area contributed by atoms with Gasteiger partial charge in [0, 0.05) is 32.0 Å². The minimum atomic E-state index is -3.55. The molecule has 8 heteroatoms. The van der Waals surface area contributed by atoms with Crippen LogP contribution >= 0.6 is 0 Å². The van der Waals surface area contributed by atoms with E-state index in [0.29, 0.717) is 25.1 Å². The second-order valence-corrected chi connectivity index (χ2v) is 13.3. The summed E-state index contributed by atoms with van der Waals surface area (Å²) in [6, 6.07) is 24.6. The molecule has 1 aliphatic carbocycles. The van der Waals surface area contributed by atoms with Crippen LogP contribution in [0, 0.1) is 13.8 Å². The predicted octanol–water partition coefficient (Wildman–Crippen LogP) is 5.55. The summed E-state index contributed by atoms with van der Waals surface area (Å²) < 4.78 is 26.8. The first-order valence-electron chi connectivity index (χ1n) is 14.8. The van der Waals surface area contributed by atoms with Crippen LogP contribution in [0.4, 0.5) is 5.69 Å². The lowest BCUT2D eigenvalue weighted by molar-refractivity contribution is -0.141. The lowest BCUT2D eigenvalue weighted by Gasteiger charge is -2.33. The number of rotatable bonds is 13. The molecule has 0 bridgehead atoms. The molecule has 0 heterocycles. The largest absolute Gasteiger partial charge is 0.352 e. The number of amides is 2. The second-order valence-electron chi connectivity index (χ2n) is 11.4. The summed E-state index contributed by atoms with van der Waals surface area (Å²) in [6.07, 6.45) is 6.13. The maximum atomic E-state index is 14.0. The molecule has 0 aliphatic heterocycles. The second kappa shape index (κ2) is 14.5. The third-order valence-electron chi connectivity index (χ3n) is 7.98. The average molecular weight is 590 g/mol. The first-order chi connectivity index (χ1) is 20.1. The molecule has 0 unspecified atom stereocenters. The van der Waals surface area contributed by atoms with E-state index in [2.05, 4.69) is 5.32 Å². The van der Waals surface area contributed by atoms with Crippen LogP contribution in [0.5, 0.6) is 0 Å². The third-order valence-corrected chi connectivity index (χ3v) is 9.16. The Morgan fingerprint density at radius 2 is 1.52 bits per heavy atom. The van der Waals surface area contributed by atoms with Gasteiger partial charge in [0.2, 0.25) is 21.8 Å². The Hall–Kier alpha value is -3.65. The average Bonchev–Trinajstić information content (AvgIpc) is 3.47. The van der Waals surface area contributed by atoms with Gasteiger partial charge in [-0.25, -0.2) is 8.42 Å². The molecular weight excluding hydrogens is 546 g/mol. The SMILES string of the molecule is Cc1ccc(CN(C(=O)CCCN(c2ccccc2C)S(C)(=O)=O)[C@@H](Cc2ccccc2)C(=O)NC2CCCC2)cc1. The van der Waals surface area contributed by atoms with E-state index in [1.165, 1.54) is 10.6 Å². The number of hydrogen-bond acceptors (Lipinski definition) is 4. The van der Waals surface area contributed by atoms with Gasteiger partial charge in [-0.05, 0) is 55.9 Å². The van der Waals surface area contributed by atoms with Gasteiger partial charge in [-0.15, -0.1) is 0 Å². The van der Waals surface area contributed by atoms with Gasteiger partial charge in [-0.3, -0.25) is 13.9 Å². The van der Waals surface area contributed by atoms with Crippen molar-refractivity contribution >= 4 is 27.5 Å². The summed E-state index contributed by atoms with van der Waals surface area (Å²) in [5.41, 5.74) is 4.50. The van der Waals surface area contributed by atoms with E-state index >= 15 is 0 Å². The molecule has 7 nitrogen and oxygen atoms in total. The van der Waals surface area contributed by atoms with Gasteiger partial charge in [0.15, 0.2) is 0 Å². The van der Waals surface area contributed by atoms with Crippen LogP contribution in [0.2, 0.25) is 0 Å². The van der Waals surface area contributed by atoms with Crippen LogP contribution in [0.1, 0.15) is 60.8 Å². The summed E-state index contributed by atoms with van der Waals surface area (Å²) >= 11 is 0. The van der Waals surface area contributed by atoms with Crippen molar-refractivity contribution in [1.29, 1.82) is 0 Å². The van der Waals surface area contributed by atoms with E-state index in [0.717, 1.165) is 47.9 Å². The lowest BCUT2D eigenvalue weighted by atomic mass is 10.0. The van der Waals surface area contributed by atoms with Gasteiger partial charge >= 0.3 is 0 Å². The van der Waals surface area contributed by atoms with E-state index in [1.54, 1.807) is 11.0 Å². The Balaban J connectivity index is 1.59. The number of anilines is 1. The number of nitrogens with one attached hydrogen (secondary N) is 1. The number of sulfonamides is 1. The molecule has 4 rings (SSSR count). The standard InChI is InChI=1S/C34H43N3O4S/c1-26-19-21-29(22-20-26)25-36(32(24-28-13-5-4-6-14-28)34(39)35-30-15-8-9-16-30)33(38)18-11-23-37(42(3,40)41)31-17-10-7-12-27(31)2/h4-7,10,12-14,17,19-22,30,32H,8-9,11,15-16,18,23-25H2,1-3H3,(H,35,39)/t32-/m0/s1. The molecule has 0 saturated heterocycles. The van der Waals surface area contributed by atoms with Crippen LogP contribution < -0.4 is 9.62 Å². The number of carbonyl (C=O) groups is 2. The smallest absolute Gasteiger partial charge is 0.243 e. The third kappa shape index (κ3) is 8.68. The summed E-state index contributed by atoms with van der Waals surface area (Å²) in [5, 5.41) is 3.23. The van der Waals surface area contributed by atoms with Crippen molar-refractivity contribution in [3.8, 4) is 0 Å². The summed E-state index contributed by atoms with van der Waals surface area (Å²) in [4.78, 5) is 29.5. The normalized spacial score (nSPS) is 14.4. The zero-order valence-electron chi connectivity index (χ0n) is 25.0. The van der Waals surface area contributed by atoms with Crippen molar-refractivity contribution in [2.24, 2.45) is 0 Å². The highest BCUT2D eigenvalue weighted by atomic mass is 32.2. The first-order valence-corrected chi connectivity index (χ1v) is 16.7. The zero-order valence-corrected chi connectivity index (χ0v) is 25.8. The van der Waals surface area contributed by atoms with Gasteiger partial charge < -0.3 is 10.2 Å². The fraction of sp³-hybridized carbons (Fsp3) is 0.412. The molecular formula is C34H43N3O4S. The Morgan fingerprint density at radius 3 is 2.17 bits per heavy atom. The zero-order chi connectivity index (χ0) is 30.1. The van der Waals surface area contributed by atoms with Crippen molar-refractivity contribution in [1.82, 2.24) is 10.2 Å². The minimum Gasteiger partial charge on any atom is -0.352 e. The van der Waals surface area contributed by atoms with Gasteiger partial charge in [-0.2, -0.15) is 0 Å². The number of hydrogen-bond donors (Lipinski definition) is 1. The molecule has 3 aromatic rings. The molecule has 224 valence electrons. The van der Waals surface area contributed by atoms with Gasteiger partial charge in [0.25, 0.3) is 0 Å². The van der Waals surface area contributed by atoms with Crippen molar-refractivity contribution in [3.63, 3.8) is 0 Å². The monoisotopic (exact) mass is 589 g/mol. The molecule has 0 aromatic heterocycles. The maximum absolute atomic E-state index is 14.0. The lowest BCUT2D eigenvalue weighted by Crippen LogP contribution is -2.52.